The summed E-state index contributed by atoms with van der Waals surface area (Å²) in [6, 6.07) is 6.95. The molecule has 0 unspecified atom stereocenters. The third kappa shape index (κ3) is 5.50. The van der Waals surface area contributed by atoms with Gasteiger partial charge in [0.15, 0.2) is 0 Å². The van der Waals surface area contributed by atoms with Gasteiger partial charge in [-0.25, -0.2) is 0 Å². The second-order valence-electron chi connectivity index (χ2n) is 6.12. The number of hydrogen-bond donors (Lipinski definition) is 2. The van der Waals surface area contributed by atoms with Gasteiger partial charge in [-0.1, -0.05) is 0 Å². The number of rotatable bonds is 7. The number of benzene rings is 1. The van der Waals surface area contributed by atoms with Gasteiger partial charge in [0.05, 0.1) is 13.0 Å². The molecule has 0 bridgehead atoms. The number of aliphatic carboxylic acids is 1. The van der Waals surface area contributed by atoms with E-state index in [2.05, 4.69) is 15.1 Å². The summed E-state index contributed by atoms with van der Waals surface area (Å²) < 4.78 is 5.06. The van der Waals surface area contributed by atoms with E-state index in [9.17, 15) is 14.7 Å². The van der Waals surface area contributed by atoms with Gasteiger partial charge in [0.2, 0.25) is 5.91 Å². The molecule has 1 heterocycles. The van der Waals surface area contributed by atoms with E-state index in [1.807, 2.05) is 7.05 Å². The lowest BCUT2D eigenvalue weighted by atomic mass is 10.0. The van der Waals surface area contributed by atoms with Gasteiger partial charge in [-0.05, 0) is 31.3 Å². The van der Waals surface area contributed by atoms with Gasteiger partial charge < -0.3 is 20.1 Å². The zero-order chi connectivity index (χ0) is 17.5. The lowest BCUT2D eigenvalue weighted by Crippen LogP contribution is -2.47. The van der Waals surface area contributed by atoms with Crippen LogP contribution >= 0.6 is 0 Å². The lowest BCUT2D eigenvalue weighted by Gasteiger charge is -2.33. The van der Waals surface area contributed by atoms with Gasteiger partial charge in [-0.15, -0.1) is 0 Å². The van der Waals surface area contributed by atoms with Crippen molar-refractivity contribution in [3.8, 4) is 5.75 Å². The number of likely N-dealkylation sites (N-methyl/N-ethyl adjacent to an activating group) is 1. The number of nitrogens with zero attached hydrogens (tertiary/aromatic N) is 2. The summed E-state index contributed by atoms with van der Waals surface area (Å²) in [6.45, 7) is 3.91. The number of amides is 1. The van der Waals surface area contributed by atoms with Crippen LogP contribution in [0.3, 0.4) is 0 Å². The first kappa shape index (κ1) is 18.2. The van der Waals surface area contributed by atoms with E-state index in [4.69, 9.17) is 4.74 Å². The normalized spacial score (nSPS) is 17.2. The van der Waals surface area contributed by atoms with Crippen molar-refractivity contribution in [3.63, 3.8) is 0 Å². The van der Waals surface area contributed by atoms with Crippen molar-refractivity contribution in [2.24, 2.45) is 5.92 Å². The van der Waals surface area contributed by atoms with E-state index >= 15 is 0 Å². The summed E-state index contributed by atoms with van der Waals surface area (Å²) in [6.07, 6.45) is -0.0340. The van der Waals surface area contributed by atoms with E-state index in [1.165, 1.54) is 0 Å². The summed E-state index contributed by atoms with van der Waals surface area (Å²) in [5.74, 6) is -1.22. The Bertz CT molecular complexity index is 553. The Hall–Kier alpha value is -2.12. The highest BCUT2D eigenvalue weighted by Gasteiger charge is 2.25. The first-order chi connectivity index (χ1) is 11.5. The number of ether oxygens (including phenoxy) is 1. The Kier molecular flexibility index (Phi) is 6.57. The first-order valence-electron chi connectivity index (χ1n) is 8.05. The molecule has 2 N–H and O–H groups in total. The number of piperazine rings is 1. The molecule has 132 valence electrons. The Morgan fingerprint density at radius 2 is 1.83 bits per heavy atom. The molecule has 1 fully saturated rings. The van der Waals surface area contributed by atoms with Crippen molar-refractivity contribution >= 4 is 17.6 Å². The smallest absolute Gasteiger partial charge is 0.308 e. The van der Waals surface area contributed by atoms with Crippen molar-refractivity contribution in [2.75, 3.05) is 52.2 Å². The summed E-state index contributed by atoms with van der Waals surface area (Å²) >= 11 is 0. The largest absolute Gasteiger partial charge is 0.497 e. The molecule has 1 aromatic rings. The van der Waals surface area contributed by atoms with Gasteiger partial charge in [-0.2, -0.15) is 0 Å². The predicted octanol–water partition coefficient (Wildman–Crippen LogP) is 0.972. The SMILES string of the molecule is COc1ccc(NC(=O)C[C@H](CN2CCN(C)CC2)C(=O)O)cc1. The molecular weight excluding hydrogens is 310 g/mol. The maximum absolute atomic E-state index is 12.1. The fourth-order valence-corrected chi connectivity index (χ4v) is 2.68. The molecule has 2 rings (SSSR count). The Balaban J connectivity index is 1.86. The minimum absolute atomic E-state index is 0.0340. The molecule has 0 spiro atoms. The van der Waals surface area contributed by atoms with Crippen molar-refractivity contribution in [1.29, 1.82) is 0 Å². The number of anilines is 1. The topological polar surface area (TPSA) is 82.1 Å². The monoisotopic (exact) mass is 335 g/mol. The van der Waals surface area contributed by atoms with E-state index < -0.39 is 11.9 Å². The molecule has 0 aromatic heterocycles. The third-order valence-electron chi connectivity index (χ3n) is 4.23. The number of carbonyl (C=O) groups excluding carboxylic acids is 1. The zero-order valence-corrected chi connectivity index (χ0v) is 14.2. The molecule has 0 saturated carbocycles. The number of methoxy groups -OCH3 is 1. The maximum atomic E-state index is 12.1. The second-order valence-corrected chi connectivity index (χ2v) is 6.12. The highest BCUT2D eigenvalue weighted by molar-refractivity contribution is 5.93. The Morgan fingerprint density at radius 1 is 1.21 bits per heavy atom. The van der Waals surface area contributed by atoms with Crippen LogP contribution < -0.4 is 10.1 Å². The van der Waals surface area contributed by atoms with Crippen LogP contribution in [-0.2, 0) is 9.59 Å². The maximum Gasteiger partial charge on any atom is 0.308 e. The van der Waals surface area contributed by atoms with Crippen molar-refractivity contribution in [1.82, 2.24) is 9.80 Å². The summed E-state index contributed by atoms with van der Waals surface area (Å²) in [5.41, 5.74) is 0.629. The van der Waals surface area contributed by atoms with Crippen molar-refractivity contribution < 1.29 is 19.4 Å². The predicted molar refractivity (Wildman–Crippen MR) is 91.3 cm³/mol. The molecule has 1 amide bonds. The fourth-order valence-electron chi connectivity index (χ4n) is 2.68. The molecule has 1 atom stereocenters. The molecule has 1 aliphatic rings. The number of carboxylic acids is 1. The Morgan fingerprint density at radius 3 is 2.38 bits per heavy atom. The van der Waals surface area contributed by atoms with Crippen LogP contribution in [0.15, 0.2) is 24.3 Å². The number of nitrogens with one attached hydrogen (secondary N) is 1. The molecule has 24 heavy (non-hydrogen) atoms. The highest BCUT2D eigenvalue weighted by Crippen LogP contribution is 2.16. The van der Waals surface area contributed by atoms with Gasteiger partial charge in [-0.3, -0.25) is 14.5 Å². The third-order valence-corrected chi connectivity index (χ3v) is 4.23. The molecule has 7 nitrogen and oxygen atoms in total. The van der Waals surface area contributed by atoms with Crippen molar-refractivity contribution in [2.45, 2.75) is 6.42 Å². The van der Waals surface area contributed by atoms with Gasteiger partial charge in [0.1, 0.15) is 5.75 Å². The van der Waals surface area contributed by atoms with Crippen LogP contribution in [0.4, 0.5) is 5.69 Å². The van der Waals surface area contributed by atoms with Gasteiger partial charge >= 0.3 is 5.97 Å². The van der Waals surface area contributed by atoms with Gasteiger partial charge in [0.25, 0.3) is 0 Å². The quantitative estimate of drug-likeness (QED) is 0.773. The van der Waals surface area contributed by atoms with E-state index in [0.29, 0.717) is 18.0 Å². The zero-order valence-electron chi connectivity index (χ0n) is 14.2. The summed E-state index contributed by atoms with van der Waals surface area (Å²) in [7, 11) is 3.62. The lowest BCUT2D eigenvalue weighted by molar-refractivity contribution is -0.144. The number of hydrogen-bond acceptors (Lipinski definition) is 5. The number of carbonyl (C=O) groups is 2. The molecule has 1 saturated heterocycles. The average Bonchev–Trinajstić information content (AvgIpc) is 2.56. The van der Waals surface area contributed by atoms with Crippen LogP contribution in [0.5, 0.6) is 5.75 Å². The first-order valence-corrected chi connectivity index (χ1v) is 8.05. The summed E-state index contributed by atoms with van der Waals surface area (Å²) in [5, 5.41) is 12.1. The number of carboxylic acid groups (broad SMARTS) is 1. The minimum atomic E-state index is -0.932. The van der Waals surface area contributed by atoms with E-state index in [1.54, 1.807) is 31.4 Å². The molecule has 7 heteroatoms. The standard InChI is InChI=1S/C17H25N3O4/c1-19-7-9-20(10-8-19)12-13(17(22)23)11-16(21)18-14-3-5-15(24-2)6-4-14/h3-6,13H,7-12H2,1-2H3,(H,18,21)(H,22,23)/t13-/m1/s1. The average molecular weight is 335 g/mol. The van der Waals surface area contributed by atoms with Crippen LogP contribution in [0.1, 0.15) is 6.42 Å². The molecule has 0 radical (unpaired) electrons. The van der Waals surface area contributed by atoms with E-state index in [-0.39, 0.29) is 12.3 Å². The van der Waals surface area contributed by atoms with Crippen LogP contribution in [-0.4, -0.2) is 73.7 Å². The molecule has 1 aliphatic heterocycles. The molecule has 0 aliphatic carbocycles. The van der Waals surface area contributed by atoms with Crippen LogP contribution in [0.25, 0.3) is 0 Å². The Labute approximate surface area is 142 Å². The van der Waals surface area contributed by atoms with E-state index in [0.717, 1.165) is 26.2 Å². The fraction of sp³-hybridized carbons (Fsp3) is 0.529. The van der Waals surface area contributed by atoms with Crippen LogP contribution in [0.2, 0.25) is 0 Å². The highest BCUT2D eigenvalue weighted by atomic mass is 16.5. The van der Waals surface area contributed by atoms with Gasteiger partial charge in [0, 0.05) is 44.8 Å². The minimum Gasteiger partial charge on any atom is -0.497 e. The second kappa shape index (κ2) is 8.65. The molecule has 1 aromatic carbocycles. The molecular formula is C17H25N3O4. The summed E-state index contributed by atoms with van der Waals surface area (Å²) in [4.78, 5) is 27.9. The van der Waals surface area contributed by atoms with Crippen LogP contribution in [0, 0.1) is 5.92 Å². The van der Waals surface area contributed by atoms with Crippen molar-refractivity contribution in [3.05, 3.63) is 24.3 Å².